The average Bonchev–Trinajstić information content (AvgIpc) is 2.36. The van der Waals surface area contributed by atoms with Gasteiger partial charge in [-0.2, -0.15) is 0 Å². The molecule has 1 amide bonds. The molecule has 2 aliphatic heterocycles. The maximum atomic E-state index is 11.4. The minimum atomic E-state index is -0.168. The highest BCUT2D eigenvalue weighted by atomic mass is 35.5. The van der Waals surface area contributed by atoms with Crippen LogP contribution in [-0.4, -0.2) is 24.5 Å². The second kappa shape index (κ2) is 3.62. The summed E-state index contributed by atoms with van der Waals surface area (Å²) in [4.78, 5) is 11.4. The number of nitrogens with one attached hydrogen (secondary N) is 2. The summed E-state index contributed by atoms with van der Waals surface area (Å²) < 4.78 is 0. The van der Waals surface area contributed by atoms with Gasteiger partial charge in [0.2, 0.25) is 5.91 Å². The van der Waals surface area contributed by atoms with E-state index in [1.54, 1.807) is 0 Å². The van der Waals surface area contributed by atoms with Gasteiger partial charge in [0.15, 0.2) is 0 Å². The van der Waals surface area contributed by atoms with E-state index >= 15 is 0 Å². The molecule has 0 saturated carbocycles. The molecule has 2 saturated heterocycles. The predicted molar refractivity (Wildman–Crippen MR) is 49.5 cm³/mol. The summed E-state index contributed by atoms with van der Waals surface area (Å²) in [5, 5.41) is 6.21. The highest BCUT2D eigenvalue weighted by molar-refractivity contribution is 5.88. The lowest BCUT2D eigenvalue weighted by Crippen LogP contribution is -2.53. The Labute approximate surface area is 78.7 Å². The minimum Gasteiger partial charge on any atom is -0.354 e. The molecule has 1 atom stereocenters. The molecule has 1 spiro atoms. The molecule has 0 aliphatic carbocycles. The van der Waals surface area contributed by atoms with E-state index in [-0.39, 0.29) is 23.9 Å². The molecule has 70 valence electrons. The largest absolute Gasteiger partial charge is 0.354 e. The fourth-order valence-electron chi connectivity index (χ4n) is 2.05. The summed E-state index contributed by atoms with van der Waals surface area (Å²) in [7, 11) is 0. The molecule has 0 bridgehead atoms. The number of amides is 1. The molecule has 12 heavy (non-hydrogen) atoms. The van der Waals surface area contributed by atoms with Crippen molar-refractivity contribution in [1.82, 2.24) is 10.6 Å². The molecular formula is C8H15ClN2O. The fraction of sp³-hybridized carbons (Fsp3) is 0.875. The van der Waals surface area contributed by atoms with Crippen LogP contribution in [0, 0.1) is 0 Å². The molecule has 2 heterocycles. The molecule has 2 rings (SSSR count). The first kappa shape index (κ1) is 9.81. The van der Waals surface area contributed by atoms with Gasteiger partial charge in [0.1, 0.15) is 0 Å². The Kier molecular flexibility index (Phi) is 2.96. The number of carbonyl (C=O) groups excluding carboxylic acids is 1. The van der Waals surface area contributed by atoms with Gasteiger partial charge in [0.25, 0.3) is 0 Å². The Morgan fingerprint density at radius 1 is 1.17 bits per heavy atom. The Morgan fingerprint density at radius 2 is 2.00 bits per heavy atom. The predicted octanol–water partition coefficient (Wildman–Crippen LogP) is 0.440. The Hall–Kier alpha value is -0.280. The lowest BCUT2D eigenvalue weighted by molar-refractivity contribution is -0.125. The van der Waals surface area contributed by atoms with Gasteiger partial charge in [0, 0.05) is 6.54 Å². The summed E-state index contributed by atoms with van der Waals surface area (Å²) in [5.41, 5.74) is -0.168. The van der Waals surface area contributed by atoms with E-state index in [0.717, 1.165) is 25.9 Å². The van der Waals surface area contributed by atoms with E-state index in [0.29, 0.717) is 0 Å². The van der Waals surface area contributed by atoms with Crippen LogP contribution in [-0.2, 0) is 4.79 Å². The van der Waals surface area contributed by atoms with Crippen LogP contribution in [0.2, 0.25) is 0 Å². The molecule has 3 nitrogen and oxygen atoms in total. The zero-order valence-corrected chi connectivity index (χ0v) is 7.88. The third-order valence-electron chi connectivity index (χ3n) is 2.77. The Morgan fingerprint density at radius 3 is 2.50 bits per heavy atom. The van der Waals surface area contributed by atoms with E-state index in [1.165, 1.54) is 12.8 Å². The summed E-state index contributed by atoms with van der Waals surface area (Å²) >= 11 is 0. The number of hydrogen-bond acceptors (Lipinski definition) is 2. The maximum Gasteiger partial charge on any atom is 0.240 e. The summed E-state index contributed by atoms with van der Waals surface area (Å²) in [5.74, 6) is 0.220. The van der Waals surface area contributed by atoms with Gasteiger partial charge in [-0.05, 0) is 32.2 Å². The first-order valence-electron chi connectivity index (χ1n) is 4.37. The van der Waals surface area contributed by atoms with Gasteiger partial charge in [-0.15, -0.1) is 12.4 Å². The second-order valence-corrected chi connectivity index (χ2v) is 3.47. The molecule has 0 radical (unpaired) electrons. The standard InChI is InChI=1S/C8H14N2O.ClH/c11-7-8(4-6-9-7)3-1-2-5-10-8;/h10H,1-6H2,(H,9,11);1H. The van der Waals surface area contributed by atoms with E-state index in [9.17, 15) is 4.79 Å². The van der Waals surface area contributed by atoms with Gasteiger partial charge < -0.3 is 10.6 Å². The van der Waals surface area contributed by atoms with Gasteiger partial charge in [-0.3, -0.25) is 4.79 Å². The topological polar surface area (TPSA) is 41.1 Å². The molecule has 2 N–H and O–H groups in total. The first-order chi connectivity index (χ1) is 5.33. The van der Waals surface area contributed by atoms with Gasteiger partial charge in [0.05, 0.1) is 5.54 Å². The van der Waals surface area contributed by atoms with Crippen LogP contribution < -0.4 is 10.6 Å². The second-order valence-electron chi connectivity index (χ2n) is 3.47. The van der Waals surface area contributed by atoms with Crippen LogP contribution in [0.15, 0.2) is 0 Å². The van der Waals surface area contributed by atoms with Crippen molar-refractivity contribution in [2.24, 2.45) is 0 Å². The molecule has 0 aromatic heterocycles. The van der Waals surface area contributed by atoms with E-state index in [1.807, 2.05) is 0 Å². The van der Waals surface area contributed by atoms with Crippen molar-refractivity contribution in [3.05, 3.63) is 0 Å². The number of carbonyl (C=O) groups is 1. The number of halogens is 1. The maximum absolute atomic E-state index is 11.4. The van der Waals surface area contributed by atoms with Gasteiger partial charge in [-0.1, -0.05) is 0 Å². The van der Waals surface area contributed by atoms with Crippen molar-refractivity contribution in [1.29, 1.82) is 0 Å². The van der Waals surface area contributed by atoms with Gasteiger partial charge >= 0.3 is 0 Å². The number of rotatable bonds is 0. The molecular weight excluding hydrogens is 176 g/mol. The van der Waals surface area contributed by atoms with Crippen LogP contribution in [0.5, 0.6) is 0 Å². The van der Waals surface area contributed by atoms with E-state index < -0.39 is 0 Å². The summed E-state index contributed by atoms with van der Waals surface area (Å²) in [6, 6.07) is 0. The molecule has 2 fully saturated rings. The van der Waals surface area contributed by atoms with E-state index in [2.05, 4.69) is 10.6 Å². The lowest BCUT2D eigenvalue weighted by Gasteiger charge is -2.31. The third kappa shape index (κ3) is 1.43. The molecule has 0 aromatic carbocycles. The van der Waals surface area contributed by atoms with Crippen molar-refractivity contribution in [3.8, 4) is 0 Å². The SMILES string of the molecule is Cl.O=C1NCCC12CCCCN2. The minimum absolute atomic E-state index is 0. The van der Waals surface area contributed by atoms with Crippen molar-refractivity contribution >= 4 is 18.3 Å². The van der Waals surface area contributed by atoms with Crippen molar-refractivity contribution in [2.45, 2.75) is 31.2 Å². The van der Waals surface area contributed by atoms with Crippen molar-refractivity contribution < 1.29 is 4.79 Å². The van der Waals surface area contributed by atoms with E-state index in [4.69, 9.17) is 0 Å². The summed E-state index contributed by atoms with van der Waals surface area (Å²) in [6.45, 7) is 1.86. The highest BCUT2D eigenvalue weighted by Gasteiger charge is 2.42. The van der Waals surface area contributed by atoms with Crippen LogP contribution >= 0.6 is 12.4 Å². The first-order valence-corrected chi connectivity index (χ1v) is 4.37. The van der Waals surface area contributed by atoms with Crippen LogP contribution in [0.3, 0.4) is 0 Å². The monoisotopic (exact) mass is 190 g/mol. The zero-order chi connectivity index (χ0) is 7.73. The fourth-order valence-corrected chi connectivity index (χ4v) is 2.05. The lowest BCUT2D eigenvalue weighted by atomic mass is 9.88. The zero-order valence-electron chi connectivity index (χ0n) is 7.06. The number of hydrogen-bond donors (Lipinski definition) is 2. The molecule has 4 heteroatoms. The smallest absolute Gasteiger partial charge is 0.240 e. The van der Waals surface area contributed by atoms with Crippen LogP contribution in [0.4, 0.5) is 0 Å². The van der Waals surface area contributed by atoms with Crippen molar-refractivity contribution in [3.63, 3.8) is 0 Å². The van der Waals surface area contributed by atoms with Crippen LogP contribution in [0.1, 0.15) is 25.7 Å². The molecule has 0 aromatic rings. The normalized spacial score (nSPS) is 34.5. The molecule has 2 aliphatic rings. The highest BCUT2D eigenvalue weighted by Crippen LogP contribution is 2.25. The Balaban J connectivity index is 0.000000720. The quantitative estimate of drug-likeness (QED) is 0.582. The summed E-state index contributed by atoms with van der Waals surface area (Å²) in [6.07, 6.45) is 4.42. The van der Waals surface area contributed by atoms with Crippen molar-refractivity contribution in [2.75, 3.05) is 13.1 Å². The van der Waals surface area contributed by atoms with Crippen LogP contribution in [0.25, 0.3) is 0 Å². The van der Waals surface area contributed by atoms with Gasteiger partial charge in [-0.25, -0.2) is 0 Å². The Bertz CT molecular complexity index is 178. The average molecular weight is 191 g/mol. The third-order valence-corrected chi connectivity index (χ3v) is 2.77. The number of piperidine rings is 1. The molecule has 1 unspecified atom stereocenters.